The van der Waals surface area contributed by atoms with Crippen molar-refractivity contribution in [3.63, 3.8) is 0 Å². The number of carbonyl (C=O) groups excluding carboxylic acids is 1. The molecule has 0 aliphatic heterocycles. The Morgan fingerprint density at radius 3 is 2.82 bits per heavy atom. The SMILES string of the molecule is C=CCN(CCO)c1cnc(C(=O)OC)cn1. The molecule has 92 valence electrons. The van der Waals surface area contributed by atoms with Crippen LogP contribution in [-0.4, -0.2) is 47.8 Å². The van der Waals surface area contributed by atoms with E-state index in [1.807, 2.05) is 0 Å². The van der Waals surface area contributed by atoms with Crippen LogP contribution in [0.15, 0.2) is 25.0 Å². The minimum Gasteiger partial charge on any atom is -0.464 e. The molecule has 1 heterocycles. The number of anilines is 1. The van der Waals surface area contributed by atoms with Crippen LogP contribution in [0.4, 0.5) is 5.82 Å². The number of aliphatic hydroxyl groups excluding tert-OH is 1. The molecule has 0 saturated carbocycles. The predicted molar refractivity (Wildman–Crippen MR) is 62.9 cm³/mol. The first-order valence-electron chi connectivity index (χ1n) is 5.10. The lowest BCUT2D eigenvalue weighted by Crippen LogP contribution is -2.27. The fraction of sp³-hybridized carbons (Fsp3) is 0.364. The fourth-order valence-corrected chi connectivity index (χ4v) is 1.27. The number of aromatic nitrogens is 2. The highest BCUT2D eigenvalue weighted by Crippen LogP contribution is 2.08. The standard InChI is InChI=1S/C11H15N3O3/c1-3-4-14(5-6-15)10-8-12-9(7-13-10)11(16)17-2/h3,7-8,15H,1,4-6H2,2H3. The van der Waals surface area contributed by atoms with Crippen molar-refractivity contribution in [1.82, 2.24) is 9.97 Å². The molecule has 0 aliphatic carbocycles. The molecule has 0 radical (unpaired) electrons. The highest BCUT2D eigenvalue weighted by molar-refractivity contribution is 5.86. The number of methoxy groups -OCH3 is 1. The van der Waals surface area contributed by atoms with Gasteiger partial charge >= 0.3 is 5.97 Å². The summed E-state index contributed by atoms with van der Waals surface area (Å²) in [6.07, 6.45) is 4.51. The van der Waals surface area contributed by atoms with Crippen molar-refractivity contribution >= 4 is 11.8 Å². The zero-order valence-electron chi connectivity index (χ0n) is 9.67. The van der Waals surface area contributed by atoms with Crippen LogP contribution in [0.5, 0.6) is 0 Å². The molecule has 0 bridgehead atoms. The average Bonchev–Trinajstić information content (AvgIpc) is 2.38. The highest BCUT2D eigenvalue weighted by Gasteiger charge is 2.10. The number of esters is 1. The maximum Gasteiger partial charge on any atom is 0.358 e. The van der Waals surface area contributed by atoms with Gasteiger partial charge in [-0.05, 0) is 0 Å². The minimum absolute atomic E-state index is 0.00821. The Morgan fingerprint density at radius 2 is 2.35 bits per heavy atom. The van der Waals surface area contributed by atoms with Crippen LogP contribution in [0, 0.1) is 0 Å². The number of ether oxygens (including phenoxy) is 1. The first-order chi connectivity index (χ1) is 8.22. The molecule has 0 aromatic carbocycles. The lowest BCUT2D eigenvalue weighted by molar-refractivity contribution is 0.0593. The maximum absolute atomic E-state index is 11.2. The van der Waals surface area contributed by atoms with E-state index in [1.165, 1.54) is 19.5 Å². The number of hydrogen-bond acceptors (Lipinski definition) is 6. The van der Waals surface area contributed by atoms with E-state index in [-0.39, 0.29) is 12.3 Å². The Bertz CT molecular complexity index is 378. The van der Waals surface area contributed by atoms with Gasteiger partial charge in [-0.15, -0.1) is 6.58 Å². The Kier molecular flexibility index (Phi) is 5.09. The summed E-state index contributed by atoms with van der Waals surface area (Å²) in [6.45, 7) is 4.61. The second-order valence-electron chi connectivity index (χ2n) is 3.21. The second kappa shape index (κ2) is 6.59. The topological polar surface area (TPSA) is 75.5 Å². The van der Waals surface area contributed by atoms with Gasteiger partial charge in [0.25, 0.3) is 0 Å². The molecule has 0 fully saturated rings. The van der Waals surface area contributed by atoms with Gasteiger partial charge in [-0.2, -0.15) is 0 Å². The predicted octanol–water partition coefficient (Wildman–Crippen LogP) is 0.248. The number of rotatable bonds is 6. The molecule has 6 nitrogen and oxygen atoms in total. The van der Waals surface area contributed by atoms with Crippen LogP contribution in [0.2, 0.25) is 0 Å². The Balaban J connectivity index is 2.83. The summed E-state index contributed by atoms with van der Waals surface area (Å²) in [4.78, 5) is 21.0. The molecule has 6 heteroatoms. The zero-order valence-corrected chi connectivity index (χ0v) is 9.67. The molecule has 17 heavy (non-hydrogen) atoms. The molecule has 0 atom stereocenters. The van der Waals surface area contributed by atoms with Crippen molar-refractivity contribution in [3.05, 3.63) is 30.7 Å². The molecule has 0 aliphatic rings. The van der Waals surface area contributed by atoms with Crippen molar-refractivity contribution < 1.29 is 14.6 Å². The van der Waals surface area contributed by atoms with Gasteiger partial charge in [0.1, 0.15) is 5.82 Å². The van der Waals surface area contributed by atoms with Crippen molar-refractivity contribution in [2.45, 2.75) is 0 Å². The average molecular weight is 237 g/mol. The highest BCUT2D eigenvalue weighted by atomic mass is 16.5. The van der Waals surface area contributed by atoms with E-state index >= 15 is 0 Å². The van der Waals surface area contributed by atoms with E-state index in [9.17, 15) is 4.79 Å². The zero-order chi connectivity index (χ0) is 12.7. The number of hydrogen-bond donors (Lipinski definition) is 1. The largest absolute Gasteiger partial charge is 0.464 e. The first-order valence-corrected chi connectivity index (χ1v) is 5.10. The maximum atomic E-state index is 11.2. The number of aliphatic hydroxyl groups is 1. The van der Waals surface area contributed by atoms with Gasteiger partial charge in [0.2, 0.25) is 0 Å². The summed E-state index contributed by atoms with van der Waals surface area (Å²) in [5.74, 6) is 0.0491. The summed E-state index contributed by atoms with van der Waals surface area (Å²) < 4.78 is 4.52. The Hall–Kier alpha value is -1.95. The Morgan fingerprint density at radius 1 is 1.59 bits per heavy atom. The molecule has 0 spiro atoms. The van der Waals surface area contributed by atoms with E-state index in [0.29, 0.717) is 18.9 Å². The van der Waals surface area contributed by atoms with Crippen LogP contribution in [0.1, 0.15) is 10.5 Å². The van der Waals surface area contributed by atoms with Crippen LogP contribution in [0.3, 0.4) is 0 Å². The van der Waals surface area contributed by atoms with E-state index in [1.54, 1.807) is 11.0 Å². The number of nitrogens with zero attached hydrogens (tertiary/aromatic N) is 3. The fourth-order valence-electron chi connectivity index (χ4n) is 1.27. The molecule has 0 amide bonds. The van der Waals surface area contributed by atoms with Crippen LogP contribution >= 0.6 is 0 Å². The van der Waals surface area contributed by atoms with Gasteiger partial charge in [0.15, 0.2) is 5.69 Å². The summed E-state index contributed by atoms with van der Waals surface area (Å²) in [7, 11) is 1.29. The molecule has 1 rings (SSSR count). The lowest BCUT2D eigenvalue weighted by Gasteiger charge is -2.20. The van der Waals surface area contributed by atoms with Gasteiger partial charge in [0, 0.05) is 13.1 Å². The third-order valence-electron chi connectivity index (χ3n) is 2.08. The van der Waals surface area contributed by atoms with Gasteiger partial charge in [-0.1, -0.05) is 6.08 Å². The lowest BCUT2D eigenvalue weighted by atomic mass is 10.4. The van der Waals surface area contributed by atoms with Crippen LogP contribution in [0.25, 0.3) is 0 Å². The van der Waals surface area contributed by atoms with Crippen molar-refractivity contribution in [2.75, 3.05) is 31.7 Å². The van der Waals surface area contributed by atoms with Gasteiger partial charge in [-0.3, -0.25) is 0 Å². The summed E-state index contributed by atoms with van der Waals surface area (Å²) in [5, 5.41) is 8.91. The minimum atomic E-state index is -0.526. The van der Waals surface area contributed by atoms with E-state index in [4.69, 9.17) is 5.11 Å². The van der Waals surface area contributed by atoms with Gasteiger partial charge in [-0.25, -0.2) is 14.8 Å². The summed E-state index contributed by atoms with van der Waals surface area (Å²) in [5.41, 5.74) is 0.152. The first kappa shape index (κ1) is 13.1. The van der Waals surface area contributed by atoms with Crippen LogP contribution < -0.4 is 4.90 Å². The van der Waals surface area contributed by atoms with E-state index in [0.717, 1.165) is 0 Å². The molecular weight excluding hydrogens is 222 g/mol. The molecule has 1 aromatic heterocycles. The Labute approximate surface area is 99.6 Å². The summed E-state index contributed by atoms with van der Waals surface area (Å²) >= 11 is 0. The molecular formula is C11H15N3O3. The van der Waals surface area contributed by atoms with Crippen molar-refractivity contribution in [2.24, 2.45) is 0 Å². The molecule has 1 aromatic rings. The molecule has 1 N–H and O–H groups in total. The smallest absolute Gasteiger partial charge is 0.358 e. The monoisotopic (exact) mass is 237 g/mol. The van der Waals surface area contributed by atoms with Crippen LogP contribution in [-0.2, 0) is 4.74 Å². The van der Waals surface area contributed by atoms with Crippen molar-refractivity contribution in [1.29, 1.82) is 0 Å². The quantitative estimate of drug-likeness (QED) is 0.564. The molecule has 0 saturated heterocycles. The van der Waals surface area contributed by atoms with E-state index < -0.39 is 5.97 Å². The number of carbonyl (C=O) groups is 1. The van der Waals surface area contributed by atoms with Crippen molar-refractivity contribution in [3.8, 4) is 0 Å². The van der Waals surface area contributed by atoms with E-state index in [2.05, 4.69) is 21.3 Å². The summed E-state index contributed by atoms with van der Waals surface area (Å²) in [6, 6.07) is 0. The van der Waals surface area contributed by atoms with Gasteiger partial charge in [0.05, 0.1) is 26.1 Å². The molecule has 0 unspecified atom stereocenters. The third-order valence-corrected chi connectivity index (χ3v) is 2.08. The van der Waals surface area contributed by atoms with Gasteiger partial charge < -0.3 is 14.7 Å². The normalized spacial score (nSPS) is 9.76. The third kappa shape index (κ3) is 3.53. The second-order valence-corrected chi connectivity index (χ2v) is 3.21.